The summed E-state index contributed by atoms with van der Waals surface area (Å²) in [4.78, 5) is 26.4. The normalized spacial score (nSPS) is 18.8. The molecule has 1 fully saturated rings. The maximum Gasteiger partial charge on any atom is 0.321 e. The molecule has 3 amide bonds. The highest BCUT2D eigenvalue weighted by atomic mass is 16.5. The van der Waals surface area contributed by atoms with Crippen molar-refractivity contribution in [3.05, 3.63) is 47.9 Å². The standard InChI is InChI=1S/C21H25N3O5/c25-20(23-21(26)22-13-16-4-2-9-27-16)14-24-8-1-5-17(24)15-6-7-18-19(12-15)29-11-3-10-28-18/h2,4,6-7,9,12,17H,1,3,5,8,10-11,13-14H2,(H2,22,23,25,26). The molecule has 154 valence electrons. The number of amides is 3. The van der Waals surface area contributed by atoms with Crippen LogP contribution >= 0.6 is 0 Å². The van der Waals surface area contributed by atoms with E-state index in [2.05, 4.69) is 15.5 Å². The second-order valence-corrected chi connectivity index (χ2v) is 7.20. The first-order chi connectivity index (χ1) is 14.2. The number of nitrogens with zero attached hydrogens (tertiary/aromatic N) is 1. The lowest BCUT2D eigenvalue weighted by Gasteiger charge is -2.24. The Balaban J connectivity index is 1.33. The summed E-state index contributed by atoms with van der Waals surface area (Å²) >= 11 is 0. The van der Waals surface area contributed by atoms with Gasteiger partial charge in [0.15, 0.2) is 11.5 Å². The summed E-state index contributed by atoms with van der Waals surface area (Å²) in [5.41, 5.74) is 1.10. The van der Waals surface area contributed by atoms with Crippen LogP contribution in [0.3, 0.4) is 0 Å². The third-order valence-electron chi connectivity index (χ3n) is 5.12. The molecule has 0 saturated carbocycles. The highest BCUT2D eigenvalue weighted by Gasteiger charge is 2.29. The minimum absolute atomic E-state index is 0.115. The van der Waals surface area contributed by atoms with E-state index in [1.165, 1.54) is 6.26 Å². The second-order valence-electron chi connectivity index (χ2n) is 7.20. The Labute approximate surface area is 169 Å². The van der Waals surface area contributed by atoms with Crippen LogP contribution in [0.25, 0.3) is 0 Å². The number of carbonyl (C=O) groups is 2. The van der Waals surface area contributed by atoms with Gasteiger partial charge in [0.2, 0.25) is 5.91 Å². The van der Waals surface area contributed by atoms with Gasteiger partial charge in [-0.05, 0) is 49.2 Å². The molecule has 1 atom stereocenters. The average molecular weight is 399 g/mol. The molecule has 1 aromatic heterocycles. The number of benzene rings is 1. The minimum atomic E-state index is -0.530. The molecule has 0 spiro atoms. The van der Waals surface area contributed by atoms with E-state index >= 15 is 0 Å². The van der Waals surface area contributed by atoms with E-state index in [4.69, 9.17) is 13.9 Å². The van der Waals surface area contributed by atoms with Gasteiger partial charge in [0.05, 0.1) is 32.6 Å². The molecule has 2 N–H and O–H groups in total. The van der Waals surface area contributed by atoms with Crippen LogP contribution in [-0.4, -0.2) is 43.1 Å². The van der Waals surface area contributed by atoms with Gasteiger partial charge in [0.25, 0.3) is 0 Å². The molecule has 29 heavy (non-hydrogen) atoms. The predicted octanol–water partition coefficient (Wildman–Crippen LogP) is 2.60. The molecular weight excluding hydrogens is 374 g/mol. The van der Waals surface area contributed by atoms with Crippen LogP contribution in [0, 0.1) is 0 Å². The maximum atomic E-state index is 12.3. The number of hydrogen-bond donors (Lipinski definition) is 2. The first-order valence-electron chi connectivity index (χ1n) is 9.93. The van der Waals surface area contributed by atoms with E-state index < -0.39 is 6.03 Å². The first-order valence-corrected chi connectivity index (χ1v) is 9.93. The Hall–Kier alpha value is -3.00. The van der Waals surface area contributed by atoms with Gasteiger partial charge in [0.1, 0.15) is 5.76 Å². The Kier molecular flexibility index (Phi) is 6.00. The SMILES string of the molecule is O=C(CN1CCCC1c1ccc2c(c1)OCCCO2)NC(=O)NCc1ccco1. The van der Waals surface area contributed by atoms with Gasteiger partial charge in [-0.1, -0.05) is 6.07 Å². The zero-order valence-electron chi connectivity index (χ0n) is 16.2. The van der Waals surface area contributed by atoms with Gasteiger partial charge in [-0.15, -0.1) is 0 Å². The molecule has 2 aromatic rings. The molecule has 0 radical (unpaired) electrons. The molecule has 2 aliphatic rings. The van der Waals surface area contributed by atoms with Crippen molar-refractivity contribution in [2.24, 2.45) is 0 Å². The number of urea groups is 1. The van der Waals surface area contributed by atoms with Crippen LogP contribution in [0.4, 0.5) is 4.79 Å². The molecule has 0 aliphatic carbocycles. The Morgan fingerprint density at radius 1 is 1.10 bits per heavy atom. The molecule has 4 rings (SSSR count). The smallest absolute Gasteiger partial charge is 0.321 e. The fraction of sp³-hybridized carbons (Fsp3) is 0.429. The van der Waals surface area contributed by atoms with Gasteiger partial charge in [-0.25, -0.2) is 4.79 Å². The third kappa shape index (κ3) is 4.89. The van der Waals surface area contributed by atoms with Crippen molar-refractivity contribution < 1.29 is 23.5 Å². The third-order valence-corrected chi connectivity index (χ3v) is 5.12. The molecule has 0 bridgehead atoms. The van der Waals surface area contributed by atoms with Crippen molar-refractivity contribution in [1.29, 1.82) is 0 Å². The number of hydrogen-bond acceptors (Lipinski definition) is 6. The zero-order chi connectivity index (χ0) is 20.1. The quantitative estimate of drug-likeness (QED) is 0.803. The summed E-state index contributed by atoms with van der Waals surface area (Å²) < 4.78 is 16.6. The topological polar surface area (TPSA) is 93.0 Å². The molecule has 1 aromatic carbocycles. The molecule has 1 saturated heterocycles. The molecular formula is C21H25N3O5. The second kappa shape index (κ2) is 9.00. The summed E-state index contributed by atoms with van der Waals surface area (Å²) in [7, 11) is 0. The lowest BCUT2D eigenvalue weighted by atomic mass is 10.0. The van der Waals surface area contributed by atoms with Crippen LogP contribution < -0.4 is 20.1 Å². The first kappa shape index (κ1) is 19.3. The van der Waals surface area contributed by atoms with Crippen molar-refractivity contribution in [3.63, 3.8) is 0 Å². The molecule has 2 aliphatic heterocycles. The van der Waals surface area contributed by atoms with E-state index in [1.54, 1.807) is 12.1 Å². The average Bonchev–Trinajstić information content (AvgIpc) is 3.33. The van der Waals surface area contributed by atoms with Crippen molar-refractivity contribution in [3.8, 4) is 11.5 Å². The van der Waals surface area contributed by atoms with Crippen molar-refractivity contribution >= 4 is 11.9 Å². The van der Waals surface area contributed by atoms with Crippen molar-refractivity contribution in [2.75, 3.05) is 26.3 Å². The maximum absolute atomic E-state index is 12.3. The Bertz CT molecular complexity index is 852. The molecule has 3 heterocycles. The Morgan fingerprint density at radius 3 is 2.79 bits per heavy atom. The highest BCUT2D eigenvalue weighted by molar-refractivity contribution is 5.95. The van der Waals surface area contributed by atoms with Crippen LogP contribution in [-0.2, 0) is 11.3 Å². The number of nitrogens with one attached hydrogen (secondary N) is 2. The number of furan rings is 1. The van der Waals surface area contributed by atoms with E-state index in [9.17, 15) is 9.59 Å². The summed E-state index contributed by atoms with van der Waals surface area (Å²) in [5, 5.41) is 4.99. The molecule has 8 nitrogen and oxygen atoms in total. The number of likely N-dealkylation sites (tertiary alicyclic amines) is 1. The van der Waals surface area contributed by atoms with Crippen molar-refractivity contribution in [1.82, 2.24) is 15.5 Å². The zero-order valence-corrected chi connectivity index (χ0v) is 16.2. The Morgan fingerprint density at radius 2 is 1.97 bits per heavy atom. The van der Waals surface area contributed by atoms with Crippen LogP contribution in [0.2, 0.25) is 0 Å². The van der Waals surface area contributed by atoms with Gasteiger partial charge in [-0.2, -0.15) is 0 Å². The molecule has 8 heteroatoms. The number of ether oxygens (including phenoxy) is 2. The highest BCUT2D eigenvalue weighted by Crippen LogP contribution is 2.37. The van der Waals surface area contributed by atoms with E-state index in [0.29, 0.717) is 19.0 Å². The van der Waals surface area contributed by atoms with Crippen LogP contribution in [0.15, 0.2) is 41.0 Å². The van der Waals surface area contributed by atoms with Crippen LogP contribution in [0.5, 0.6) is 11.5 Å². The number of fused-ring (bicyclic) bond motifs is 1. The number of carbonyl (C=O) groups excluding carboxylic acids is 2. The van der Waals surface area contributed by atoms with Gasteiger partial charge >= 0.3 is 6.03 Å². The summed E-state index contributed by atoms with van der Waals surface area (Å²) in [6, 6.07) is 9.07. The lowest BCUT2D eigenvalue weighted by Crippen LogP contribution is -2.44. The lowest BCUT2D eigenvalue weighted by molar-refractivity contribution is -0.121. The monoisotopic (exact) mass is 399 g/mol. The summed E-state index contributed by atoms with van der Waals surface area (Å²) in [6.45, 7) is 2.49. The fourth-order valence-corrected chi connectivity index (χ4v) is 3.76. The fourth-order valence-electron chi connectivity index (χ4n) is 3.76. The summed E-state index contributed by atoms with van der Waals surface area (Å²) in [6.07, 6.45) is 4.35. The van der Waals surface area contributed by atoms with Gasteiger partial charge < -0.3 is 19.2 Å². The number of imide groups is 1. The van der Waals surface area contributed by atoms with E-state index in [1.807, 2.05) is 18.2 Å². The number of rotatable bonds is 5. The minimum Gasteiger partial charge on any atom is -0.490 e. The van der Waals surface area contributed by atoms with E-state index in [0.717, 1.165) is 42.9 Å². The van der Waals surface area contributed by atoms with Crippen LogP contribution in [0.1, 0.15) is 36.6 Å². The van der Waals surface area contributed by atoms with Gasteiger partial charge in [0, 0.05) is 12.5 Å². The predicted molar refractivity (Wildman–Crippen MR) is 105 cm³/mol. The van der Waals surface area contributed by atoms with Gasteiger partial charge in [-0.3, -0.25) is 15.0 Å². The van der Waals surface area contributed by atoms with Crippen molar-refractivity contribution in [2.45, 2.75) is 31.8 Å². The largest absolute Gasteiger partial charge is 0.490 e. The summed E-state index contributed by atoms with van der Waals surface area (Å²) in [5.74, 6) is 1.82. The molecule has 1 unspecified atom stereocenters. The van der Waals surface area contributed by atoms with E-state index in [-0.39, 0.29) is 25.0 Å².